The molecule has 2 atom stereocenters. The van der Waals surface area contributed by atoms with Crippen LogP contribution in [0.3, 0.4) is 0 Å². The van der Waals surface area contributed by atoms with Gasteiger partial charge in [0, 0.05) is 29.1 Å². The van der Waals surface area contributed by atoms with E-state index in [2.05, 4.69) is 70.6 Å². The van der Waals surface area contributed by atoms with Crippen LogP contribution in [0.5, 0.6) is 5.88 Å². The lowest BCUT2D eigenvalue weighted by atomic mass is 9.85. The Kier molecular flexibility index (Phi) is 10.7. The van der Waals surface area contributed by atoms with Crippen molar-refractivity contribution in [1.29, 1.82) is 0 Å². The largest absolute Gasteiger partial charge is 0.478 e. The maximum atomic E-state index is 11.4. The molecule has 0 saturated carbocycles. The number of aromatic nitrogens is 2. The summed E-state index contributed by atoms with van der Waals surface area (Å²) in [6.45, 7) is 17.4. The van der Waals surface area contributed by atoms with Gasteiger partial charge in [-0.05, 0) is 85.2 Å². The van der Waals surface area contributed by atoms with Crippen molar-refractivity contribution in [2.24, 2.45) is 10.8 Å². The lowest BCUT2D eigenvalue weighted by Gasteiger charge is -2.35. The number of hydrogen-bond donors (Lipinski definition) is 3. The van der Waals surface area contributed by atoms with Crippen LogP contribution in [-0.2, 0) is 4.74 Å². The van der Waals surface area contributed by atoms with Gasteiger partial charge in [-0.1, -0.05) is 58.9 Å². The molecule has 2 unspecified atom stereocenters. The third-order valence-electron chi connectivity index (χ3n) is 7.56. The first-order valence-electron chi connectivity index (χ1n) is 15.0. The number of carboxylic acid groups (broad SMARTS) is 1. The van der Waals surface area contributed by atoms with Crippen LogP contribution in [0.25, 0.3) is 11.3 Å². The fraction of sp³-hybridized carbons (Fsp3) is 0.500. The Morgan fingerprint density at radius 2 is 1.86 bits per heavy atom. The van der Waals surface area contributed by atoms with E-state index in [1.807, 2.05) is 18.2 Å². The summed E-state index contributed by atoms with van der Waals surface area (Å²) in [5.74, 6) is -0.102. The first-order chi connectivity index (χ1) is 20.3. The Labute approximate surface area is 260 Å². The van der Waals surface area contributed by atoms with Gasteiger partial charge in [0.05, 0.1) is 24.0 Å². The molecule has 1 aliphatic heterocycles. The molecule has 1 aromatic heterocycles. The van der Waals surface area contributed by atoms with Crippen molar-refractivity contribution in [2.45, 2.75) is 84.8 Å². The molecule has 9 heteroatoms. The van der Waals surface area contributed by atoms with Gasteiger partial charge in [-0.3, -0.25) is 4.72 Å². The summed E-state index contributed by atoms with van der Waals surface area (Å²) in [5.41, 5.74) is 4.60. The number of benzene rings is 2. The second-order valence-corrected chi connectivity index (χ2v) is 14.4. The first kappa shape index (κ1) is 32.8. The molecule has 0 amide bonds. The number of carboxylic acids is 1. The number of rotatable bonds is 12. The second kappa shape index (κ2) is 14.1. The SMILES string of the molecule is Cc1cccc(C)c1-c1cc(OCC(CC(C)(C)C)NCC2CCC(C)(C)CO2)nc(NSc2cccc(C(=O)O)c2)n1. The van der Waals surface area contributed by atoms with E-state index in [1.165, 1.54) is 11.9 Å². The van der Waals surface area contributed by atoms with E-state index >= 15 is 0 Å². The van der Waals surface area contributed by atoms with E-state index in [1.54, 1.807) is 18.2 Å². The van der Waals surface area contributed by atoms with Crippen LogP contribution in [0, 0.1) is 24.7 Å². The zero-order valence-corrected chi connectivity index (χ0v) is 27.3. The normalized spacial score (nSPS) is 17.3. The smallest absolute Gasteiger partial charge is 0.335 e. The summed E-state index contributed by atoms with van der Waals surface area (Å²) in [6, 6.07) is 14.9. The zero-order valence-electron chi connectivity index (χ0n) is 26.5. The van der Waals surface area contributed by atoms with Gasteiger partial charge in [0.2, 0.25) is 11.8 Å². The molecular weight excluding hydrogens is 560 g/mol. The van der Waals surface area contributed by atoms with Crippen molar-refractivity contribution < 1.29 is 19.4 Å². The lowest BCUT2D eigenvalue weighted by molar-refractivity contribution is -0.0483. The van der Waals surface area contributed by atoms with Gasteiger partial charge in [-0.15, -0.1) is 0 Å². The highest BCUT2D eigenvalue weighted by atomic mass is 32.2. The molecule has 0 spiro atoms. The molecule has 1 fully saturated rings. The minimum atomic E-state index is -0.969. The highest BCUT2D eigenvalue weighted by Gasteiger charge is 2.28. The van der Waals surface area contributed by atoms with Crippen LogP contribution >= 0.6 is 11.9 Å². The Morgan fingerprint density at radius 3 is 2.51 bits per heavy atom. The van der Waals surface area contributed by atoms with Crippen molar-refractivity contribution in [3.63, 3.8) is 0 Å². The first-order valence-corrected chi connectivity index (χ1v) is 15.8. The third-order valence-corrected chi connectivity index (χ3v) is 8.33. The summed E-state index contributed by atoms with van der Waals surface area (Å²) in [6.07, 6.45) is 3.35. The highest BCUT2D eigenvalue weighted by molar-refractivity contribution is 8.00. The van der Waals surface area contributed by atoms with E-state index in [0.29, 0.717) is 18.4 Å². The number of hydrogen-bond acceptors (Lipinski definition) is 8. The molecule has 2 aromatic carbocycles. The molecule has 3 N–H and O–H groups in total. The van der Waals surface area contributed by atoms with Crippen molar-refractivity contribution >= 4 is 23.9 Å². The van der Waals surface area contributed by atoms with E-state index in [-0.39, 0.29) is 28.5 Å². The van der Waals surface area contributed by atoms with Crippen LogP contribution < -0.4 is 14.8 Å². The van der Waals surface area contributed by atoms with Crippen LogP contribution in [0.1, 0.15) is 75.4 Å². The fourth-order valence-corrected chi connectivity index (χ4v) is 5.95. The molecule has 0 radical (unpaired) electrons. The van der Waals surface area contributed by atoms with Gasteiger partial charge < -0.3 is 19.9 Å². The van der Waals surface area contributed by atoms with E-state index in [9.17, 15) is 9.90 Å². The summed E-state index contributed by atoms with van der Waals surface area (Å²) in [7, 11) is 0. The number of nitrogens with one attached hydrogen (secondary N) is 2. The van der Waals surface area contributed by atoms with Crippen molar-refractivity contribution in [3.05, 3.63) is 65.2 Å². The maximum absolute atomic E-state index is 11.4. The van der Waals surface area contributed by atoms with Crippen LogP contribution in [0.2, 0.25) is 0 Å². The number of carbonyl (C=O) groups is 1. The summed E-state index contributed by atoms with van der Waals surface area (Å²) < 4.78 is 15.8. The Hall–Kier alpha value is -3.14. The van der Waals surface area contributed by atoms with Crippen molar-refractivity contribution in [2.75, 3.05) is 24.5 Å². The van der Waals surface area contributed by atoms with Crippen molar-refractivity contribution in [3.8, 4) is 17.1 Å². The summed E-state index contributed by atoms with van der Waals surface area (Å²) in [5, 5.41) is 13.1. The standard InChI is InChI=1S/C34H46N4O4S/c1-22-10-8-11-23(2)30(22)28-17-29(37-32(36-28)38-43-27-13-9-12-24(16-27)31(39)40)41-20-25(18-33(3,4)5)35-19-26-14-15-34(6,7)21-42-26/h8-13,16-17,25-26,35H,14-15,18-21H2,1-7H3,(H,39,40)(H,36,37,38). The van der Waals surface area contributed by atoms with E-state index in [4.69, 9.17) is 19.4 Å². The topological polar surface area (TPSA) is 106 Å². The van der Waals surface area contributed by atoms with Gasteiger partial charge in [-0.25, -0.2) is 9.78 Å². The van der Waals surface area contributed by atoms with Gasteiger partial charge >= 0.3 is 5.97 Å². The molecule has 0 aliphatic carbocycles. The average Bonchev–Trinajstić information content (AvgIpc) is 2.93. The zero-order chi connectivity index (χ0) is 31.2. The molecule has 4 rings (SSSR count). The van der Waals surface area contributed by atoms with Gasteiger partial charge in [0.15, 0.2) is 0 Å². The number of aromatic carboxylic acids is 1. The molecule has 43 heavy (non-hydrogen) atoms. The van der Waals surface area contributed by atoms with E-state index < -0.39 is 5.97 Å². The molecule has 0 bridgehead atoms. The molecule has 232 valence electrons. The minimum Gasteiger partial charge on any atom is -0.478 e. The predicted octanol–water partition coefficient (Wildman–Crippen LogP) is 7.56. The lowest BCUT2D eigenvalue weighted by Crippen LogP contribution is -2.44. The number of nitrogens with zero attached hydrogens (tertiary/aromatic N) is 2. The van der Waals surface area contributed by atoms with Gasteiger partial charge in [-0.2, -0.15) is 4.98 Å². The fourth-order valence-electron chi connectivity index (χ4n) is 5.31. The molecule has 2 heterocycles. The number of anilines is 1. The van der Waals surface area contributed by atoms with Gasteiger partial charge in [0.1, 0.15) is 6.61 Å². The maximum Gasteiger partial charge on any atom is 0.335 e. The minimum absolute atomic E-state index is 0.110. The average molecular weight is 607 g/mol. The molecule has 1 aliphatic rings. The number of ether oxygens (including phenoxy) is 2. The van der Waals surface area contributed by atoms with Crippen LogP contribution in [0.15, 0.2) is 53.4 Å². The van der Waals surface area contributed by atoms with E-state index in [0.717, 1.165) is 59.7 Å². The van der Waals surface area contributed by atoms with Crippen LogP contribution in [0.4, 0.5) is 5.95 Å². The van der Waals surface area contributed by atoms with Crippen LogP contribution in [-0.4, -0.2) is 52.9 Å². The monoisotopic (exact) mass is 606 g/mol. The predicted molar refractivity (Wildman–Crippen MR) is 174 cm³/mol. The number of aryl methyl sites for hydroxylation is 2. The summed E-state index contributed by atoms with van der Waals surface area (Å²) >= 11 is 1.26. The molecule has 8 nitrogen and oxygen atoms in total. The molecular formula is C34H46N4O4S. The second-order valence-electron chi connectivity index (χ2n) is 13.5. The Morgan fingerprint density at radius 1 is 1.14 bits per heavy atom. The Bertz CT molecular complexity index is 1380. The summed E-state index contributed by atoms with van der Waals surface area (Å²) in [4.78, 5) is 21.7. The third kappa shape index (κ3) is 9.95. The van der Waals surface area contributed by atoms with Crippen molar-refractivity contribution in [1.82, 2.24) is 15.3 Å². The Balaban J connectivity index is 1.53. The van der Waals surface area contributed by atoms with Gasteiger partial charge in [0.25, 0.3) is 0 Å². The highest BCUT2D eigenvalue weighted by Crippen LogP contribution is 2.32. The molecule has 1 saturated heterocycles. The quantitative estimate of drug-likeness (QED) is 0.180. The molecule has 3 aromatic rings.